The van der Waals surface area contributed by atoms with E-state index in [4.69, 9.17) is 0 Å². The molecular weight excluding hydrogens is 250 g/mol. The molecule has 3 rings (SSSR count). The van der Waals surface area contributed by atoms with Gasteiger partial charge in [0.2, 0.25) is 0 Å². The molecule has 0 saturated heterocycles. The molecular formula is C17H27NS. The first kappa shape index (κ1) is 13.6. The number of hydrogen-bond acceptors (Lipinski definition) is 2. The van der Waals surface area contributed by atoms with Crippen molar-refractivity contribution in [1.29, 1.82) is 0 Å². The van der Waals surface area contributed by atoms with Crippen molar-refractivity contribution in [2.24, 2.45) is 11.8 Å². The van der Waals surface area contributed by atoms with Crippen LogP contribution in [0.3, 0.4) is 0 Å². The van der Waals surface area contributed by atoms with Crippen molar-refractivity contribution < 1.29 is 0 Å². The monoisotopic (exact) mass is 277 g/mol. The van der Waals surface area contributed by atoms with Gasteiger partial charge in [0, 0.05) is 15.8 Å². The van der Waals surface area contributed by atoms with E-state index in [1.807, 2.05) is 11.3 Å². The van der Waals surface area contributed by atoms with Gasteiger partial charge in [-0.1, -0.05) is 19.8 Å². The lowest BCUT2D eigenvalue weighted by molar-refractivity contribution is 0.229. The Morgan fingerprint density at radius 2 is 1.79 bits per heavy atom. The summed E-state index contributed by atoms with van der Waals surface area (Å²) in [5, 5.41) is 3.76. The van der Waals surface area contributed by atoms with Crippen LogP contribution in [-0.4, -0.2) is 12.6 Å². The molecule has 1 heterocycles. The molecule has 2 atom stereocenters. The summed E-state index contributed by atoms with van der Waals surface area (Å²) in [4.78, 5) is 3.18. The van der Waals surface area contributed by atoms with Gasteiger partial charge in [0.1, 0.15) is 0 Å². The van der Waals surface area contributed by atoms with E-state index in [-0.39, 0.29) is 0 Å². The molecule has 19 heavy (non-hydrogen) atoms. The Morgan fingerprint density at radius 1 is 1.05 bits per heavy atom. The zero-order chi connectivity index (χ0) is 13.1. The third-order valence-corrected chi connectivity index (χ3v) is 6.09. The summed E-state index contributed by atoms with van der Waals surface area (Å²) >= 11 is 2.04. The van der Waals surface area contributed by atoms with E-state index in [0.29, 0.717) is 0 Å². The quantitative estimate of drug-likeness (QED) is 0.812. The van der Waals surface area contributed by atoms with Gasteiger partial charge >= 0.3 is 0 Å². The highest BCUT2D eigenvalue weighted by Crippen LogP contribution is 2.34. The van der Waals surface area contributed by atoms with Gasteiger partial charge in [0.05, 0.1) is 0 Å². The Hall–Kier alpha value is -0.340. The Balaban J connectivity index is 1.55. The van der Waals surface area contributed by atoms with E-state index in [2.05, 4.69) is 24.4 Å². The zero-order valence-electron chi connectivity index (χ0n) is 12.2. The largest absolute Gasteiger partial charge is 0.314 e. The Labute approximate surface area is 121 Å². The molecule has 2 aliphatic rings. The van der Waals surface area contributed by atoms with Crippen molar-refractivity contribution in [2.45, 2.75) is 64.3 Å². The fraction of sp³-hybridized carbons (Fsp3) is 0.765. The lowest BCUT2D eigenvalue weighted by atomic mass is 9.77. The molecule has 2 unspecified atom stereocenters. The van der Waals surface area contributed by atoms with Gasteiger partial charge < -0.3 is 5.32 Å². The molecule has 0 aromatic carbocycles. The van der Waals surface area contributed by atoms with Gasteiger partial charge in [0.15, 0.2) is 0 Å². The lowest BCUT2D eigenvalue weighted by Crippen LogP contribution is -2.32. The second kappa shape index (κ2) is 6.41. The van der Waals surface area contributed by atoms with Crippen LogP contribution in [0.2, 0.25) is 0 Å². The van der Waals surface area contributed by atoms with Gasteiger partial charge in [0.25, 0.3) is 0 Å². The zero-order valence-corrected chi connectivity index (χ0v) is 13.0. The number of hydrogen-bond donors (Lipinski definition) is 1. The summed E-state index contributed by atoms with van der Waals surface area (Å²) in [5.41, 5.74) is 0. The maximum Gasteiger partial charge on any atom is 0.00683 e. The van der Waals surface area contributed by atoms with Crippen LogP contribution in [-0.2, 0) is 12.8 Å². The summed E-state index contributed by atoms with van der Waals surface area (Å²) in [6.07, 6.45) is 11.2. The average Bonchev–Trinajstić information content (AvgIpc) is 3.16. The van der Waals surface area contributed by atoms with Gasteiger partial charge in [-0.05, 0) is 69.0 Å². The molecule has 2 aliphatic carbocycles. The van der Waals surface area contributed by atoms with Gasteiger partial charge in [-0.25, -0.2) is 0 Å². The van der Waals surface area contributed by atoms with Gasteiger partial charge in [-0.15, -0.1) is 11.3 Å². The molecule has 2 fully saturated rings. The molecule has 0 bridgehead atoms. The fourth-order valence-electron chi connectivity index (χ4n) is 3.41. The summed E-state index contributed by atoms with van der Waals surface area (Å²) < 4.78 is 0. The summed E-state index contributed by atoms with van der Waals surface area (Å²) in [6, 6.07) is 5.58. The molecule has 0 amide bonds. The third-order valence-electron chi connectivity index (χ3n) is 4.84. The third kappa shape index (κ3) is 3.82. The van der Waals surface area contributed by atoms with Crippen LogP contribution in [0.15, 0.2) is 12.1 Å². The van der Waals surface area contributed by atoms with Crippen LogP contribution >= 0.6 is 11.3 Å². The van der Waals surface area contributed by atoms with Crippen LogP contribution in [0, 0.1) is 11.8 Å². The molecule has 1 aromatic heterocycles. The van der Waals surface area contributed by atoms with Crippen molar-refractivity contribution in [3.63, 3.8) is 0 Å². The Kier molecular flexibility index (Phi) is 4.60. The van der Waals surface area contributed by atoms with Crippen molar-refractivity contribution in [3.8, 4) is 0 Å². The van der Waals surface area contributed by atoms with Gasteiger partial charge in [-0.2, -0.15) is 0 Å². The normalized spacial score (nSPS) is 27.6. The molecule has 0 aliphatic heterocycles. The molecule has 2 heteroatoms. The van der Waals surface area contributed by atoms with Gasteiger partial charge in [-0.3, -0.25) is 0 Å². The average molecular weight is 277 g/mol. The van der Waals surface area contributed by atoms with Crippen molar-refractivity contribution in [3.05, 3.63) is 21.9 Å². The van der Waals surface area contributed by atoms with Crippen LogP contribution < -0.4 is 5.32 Å². The Bertz CT molecular complexity index is 394. The highest BCUT2D eigenvalue weighted by atomic mass is 32.1. The maximum absolute atomic E-state index is 3.76. The molecule has 106 valence electrons. The maximum atomic E-state index is 3.76. The smallest absolute Gasteiger partial charge is 0.00683 e. The first-order chi connectivity index (χ1) is 9.35. The second-order valence-electron chi connectivity index (χ2n) is 6.41. The topological polar surface area (TPSA) is 12.0 Å². The molecule has 0 radical (unpaired) electrons. The van der Waals surface area contributed by atoms with E-state index in [0.717, 1.165) is 17.9 Å². The minimum Gasteiger partial charge on any atom is -0.314 e. The van der Waals surface area contributed by atoms with Crippen molar-refractivity contribution in [2.75, 3.05) is 6.54 Å². The Morgan fingerprint density at radius 3 is 2.47 bits per heavy atom. The van der Waals surface area contributed by atoms with Crippen LogP contribution in [0.25, 0.3) is 0 Å². The minimum absolute atomic E-state index is 0.871. The second-order valence-corrected chi connectivity index (χ2v) is 7.67. The van der Waals surface area contributed by atoms with Crippen molar-refractivity contribution >= 4 is 11.3 Å². The van der Waals surface area contributed by atoms with Crippen molar-refractivity contribution in [1.82, 2.24) is 5.32 Å². The first-order valence-corrected chi connectivity index (χ1v) is 8.97. The molecule has 1 N–H and O–H groups in total. The number of aryl methyl sites for hydroxylation is 1. The summed E-state index contributed by atoms with van der Waals surface area (Å²) in [5.74, 6) is 1.87. The van der Waals surface area contributed by atoms with E-state index in [1.165, 1.54) is 57.9 Å². The SMILES string of the molecule is CCc1ccc(CC2CCCCC2CNC2CC2)s1. The standard InChI is InChI=1S/C17H27NS/c1-2-16-9-10-17(19-16)11-13-5-3-4-6-14(13)12-18-15-7-8-15/h9-10,13-15,18H,2-8,11-12H2,1H3. The highest BCUT2D eigenvalue weighted by Gasteiger charge is 2.28. The van der Waals surface area contributed by atoms with E-state index in [9.17, 15) is 0 Å². The number of thiophene rings is 1. The molecule has 0 spiro atoms. The van der Waals surface area contributed by atoms with Crippen LogP contribution in [0.1, 0.15) is 55.2 Å². The fourth-order valence-corrected chi connectivity index (χ4v) is 4.46. The lowest BCUT2D eigenvalue weighted by Gasteiger charge is -2.31. The van der Waals surface area contributed by atoms with Crippen LogP contribution in [0.5, 0.6) is 0 Å². The molecule has 2 saturated carbocycles. The summed E-state index contributed by atoms with van der Waals surface area (Å²) in [6.45, 7) is 3.54. The van der Waals surface area contributed by atoms with E-state index < -0.39 is 0 Å². The minimum atomic E-state index is 0.871. The van der Waals surface area contributed by atoms with E-state index >= 15 is 0 Å². The van der Waals surface area contributed by atoms with Crippen LogP contribution in [0.4, 0.5) is 0 Å². The first-order valence-electron chi connectivity index (χ1n) is 8.16. The number of rotatable bonds is 6. The molecule has 1 nitrogen and oxygen atoms in total. The molecule has 1 aromatic rings. The highest BCUT2D eigenvalue weighted by molar-refractivity contribution is 7.11. The number of nitrogens with one attached hydrogen (secondary N) is 1. The predicted molar refractivity (Wildman–Crippen MR) is 83.9 cm³/mol. The van der Waals surface area contributed by atoms with E-state index in [1.54, 1.807) is 9.75 Å². The predicted octanol–water partition coefficient (Wildman–Crippen LogP) is 4.41. The summed E-state index contributed by atoms with van der Waals surface area (Å²) in [7, 11) is 0.